The quantitative estimate of drug-likeness (QED) is 0.900. The molecule has 4 heteroatoms. The van der Waals surface area contributed by atoms with Gasteiger partial charge in [0.25, 0.3) is 0 Å². The molecule has 3 N–H and O–H groups in total. The van der Waals surface area contributed by atoms with Crippen molar-refractivity contribution in [3.8, 4) is 0 Å². The standard InChI is InChI=1S/C12H15BrClNO/c13-8-2-3-9(10(14)6-8)11(16)12(7-15)4-1-5-12/h2-3,6,11,16H,1,4-5,7,15H2. The summed E-state index contributed by atoms with van der Waals surface area (Å²) in [7, 11) is 0. The molecule has 2 rings (SSSR count). The van der Waals surface area contributed by atoms with Gasteiger partial charge in [0, 0.05) is 21.5 Å². The van der Waals surface area contributed by atoms with E-state index in [9.17, 15) is 5.11 Å². The van der Waals surface area contributed by atoms with Gasteiger partial charge in [-0.05, 0) is 30.5 Å². The average molecular weight is 305 g/mol. The lowest BCUT2D eigenvalue weighted by atomic mass is 9.63. The average Bonchev–Trinajstić information content (AvgIpc) is 2.16. The maximum absolute atomic E-state index is 10.4. The van der Waals surface area contributed by atoms with Crippen molar-refractivity contribution in [1.29, 1.82) is 0 Å². The molecule has 0 heterocycles. The lowest BCUT2D eigenvalue weighted by Gasteiger charge is -2.45. The van der Waals surface area contributed by atoms with Gasteiger partial charge in [0.1, 0.15) is 0 Å². The molecule has 1 aromatic carbocycles. The Balaban J connectivity index is 2.29. The summed E-state index contributed by atoms with van der Waals surface area (Å²) in [4.78, 5) is 0. The summed E-state index contributed by atoms with van der Waals surface area (Å²) in [5.74, 6) is 0. The Bertz CT molecular complexity index is 387. The van der Waals surface area contributed by atoms with Crippen LogP contribution >= 0.6 is 27.5 Å². The zero-order chi connectivity index (χ0) is 11.8. The van der Waals surface area contributed by atoms with Gasteiger partial charge >= 0.3 is 0 Å². The lowest BCUT2D eigenvalue weighted by Crippen LogP contribution is -2.42. The van der Waals surface area contributed by atoms with E-state index in [1.165, 1.54) is 0 Å². The van der Waals surface area contributed by atoms with Crippen molar-refractivity contribution >= 4 is 27.5 Å². The van der Waals surface area contributed by atoms with Crippen LogP contribution in [0.15, 0.2) is 22.7 Å². The molecular formula is C12H15BrClNO. The smallest absolute Gasteiger partial charge is 0.0872 e. The largest absolute Gasteiger partial charge is 0.388 e. The molecule has 0 radical (unpaired) electrons. The van der Waals surface area contributed by atoms with E-state index in [2.05, 4.69) is 15.9 Å². The first-order valence-corrected chi connectivity index (χ1v) is 6.59. The van der Waals surface area contributed by atoms with Gasteiger partial charge in [0.2, 0.25) is 0 Å². The zero-order valence-corrected chi connectivity index (χ0v) is 11.3. The first kappa shape index (κ1) is 12.4. The van der Waals surface area contributed by atoms with Gasteiger partial charge in [0.05, 0.1) is 6.10 Å². The molecule has 1 aliphatic carbocycles. The highest BCUT2D eigenvalue weighted by molar-refractivity contribution is 9.10. The Hall–Kier alpha value is -0.0900. The molecule has 0 amide bonds. The molecule has 0 spiro atoms. The van der Waals surface area contributed by atoms with E-state index >= 15 is 0 Å². The highest BCUT2D eigenvalue weighted by atomic mass is 79.9. The molecule has 0 bridgehead atoms. The Morgan fingerprint density at radius 2 is 2.19 bits per heavy atom. The second kappa shape index (κ2) is 4.65. The van der Waals surface area contributed by atoms with Crippen LogP contribution in [-0.4, -0.2) is 11.7 Å². The molecule has 1 aromatic rings. The van der Waals surface area contributed by atoms with Gasteiger partial charge in [-0.15, -0.1) is 0 Å². The summed E-state index contributed by atoms with van der Waals surface area (Å²) < 4.78 is 0.920. The summed E-state index contributed by atoms with van der Waals surface area (Å²) in [5.41, 5.74) is 6.41. The minimum atomic E-state index is -0.549. The summed E-state index contributed by atoms with van der Waals surface area (Å²) in [5, 5.41) is 11.0. The third-order valence-electron chi connectivity index (χ3n) is 3.59. The van der Waals surface area contributed by atoms with E-state index in [1.54, 1.807) is 0 Å². The van der Waals surface area contributed by atoms with Gasteiger partial charge in [-0.3, -0.25) is 0 Å². The van der Waals surface area contributed by atoms with Crippen LogP contribution in [0.5, 0.6) is 0 Å². The molecule has 1 unspecified atom stereocenters. The highest BCUT2D eigenvalue weighted by Crippen LogP contribution is 2.50. The summed E-state index contributed by atoms with van der Waals surface area (Å²) in [6, 6.07) is 5.57. The summed E-state index contributed by atoms with van der Waals surface area (Å²) >= 11 is 9.49. The van der Waals surface area contributed by atoms with Crippen LogP contribution in [0.4, 0.5) is 0 Å². The van der Waals surface area contributed by atoms with Crippen LogP contribution in [0.25, 0.3) is 0 Å². The third kappa shape index (κ3) is 2.02. The molecule has 0 aromatic heterocycles. The molecule has 16 heavy (non-hydrogen) atoms. The number of aliphatic hydroxyl groups excluding tert-OH is 1. The Kier molecular flexibility index (Phi) is 3.59. The van der Waals surface area contributed by atoms with Crippen molar-refractivity contribution < 1.29 is 5.11 Å². The molecule has 1 atom stereocenters. The summed E-state index contributed by atoms with van der Waals surface area (Å²) in [6.45, 7) is 0.514. The van der Waals surface area contributed by atoms with Gasteiger partial charge in [-0.2, -0.15) is 0 Å². The van der Waals surface area contributed by atoms with E-state index < -0.39 is 6.10 Å². The van der Waals surface area contributed by atoms with Crippen molar-refractivity contribution in [2.75, 3.05) is 6.54 Å². The molecule has 0 saturated heterocycles. The van der Waals surface area contributed by atoms with Crippen LogP contribution in [-0.2, 0) is 0 Å². The van der Waals surface area contributed by atoms with Gasteiger partial charge in [0.15, 0.2) is 0 Å². The van der Waals surface area contributed by atoms with Crippen LogP contribution in [0.3, 0.4) is 0 Å². The van der Waals surface area contributed by atoms with Crippen molar-refractivity contribution in [3.05, 3.63) is 33.3 Å². The minimum absolute atomic E-state index is 0.155. The molecule has 1 saturated carbocycles. The number of hydrogen-bond donors (Lipinski definition) is 2. The van der Waals surface area contributed by atoms with Crippen molar-refractivity contribution in [2.45, 2.75) is 25.4 Å². The van der Waals surface area contributed by atoms with E-state index in [0.717, 1.165) is 29.3 Å². The van der Waals surface area contributed by atoms with E-state index in [1.807, 2.05) is 18.2 Å². The fourth-order valence-electron chi connectivity index (χ4n) is 2.27. The third-order valence-corrected chi connectivity index (χ3v) is 4.41. The maximum Gasteiger partial charge on any atom is 0.0872 e. The van der Waals surface area contributed by atoms with Crippen LogP contribution < -0.4 is 5.73 Å². The number of nitrogens with two attached hydrogens (primary N) is 1. The van der Waals surface area contributed by atoms with Crippen LogP contribution in [0.1, 0.15) is 30.9 Å². The molecule has 1 aliphatic rings. The highest BCUT2D eigenvalue weighted by Gasteiger charge is 2.43. The SMILES string of the molecule is NCC1(C(O)c2ccc(Br)cc2Cl)CCC1. The topological polar surface area (TPSA) is 46.2 Å². The molecule has 1 fully saturated rings. The van der Waals surface area contributed by atoms with Crippen molar-refractivity contribution in [2.24, 2.45) is 11.1 Å². The number of halogens is 2. The van der Waals surface area contributed by atoms with Gasteiger partial charge in [-0.25, -0.2) is 0 Å². The number of hydrogen-bond acceptors (Lipinski definition) is 2. The predicted molar refractivity (Wildman–Crippen MR) is 69.5 cm³/mol. The maximum atomic E-state index is 10.4. The molecule has 2 nitrogen and oxygen atoms in total. The second-order valence-corrected chi connectivity index (χ2v) is 5.81. The minimum Gasteiger partial charge on any atom is -0.388 e. The summed E-state index contributed by atoms with van der Waals surface area (Å²) in [6.07, 6.45) is 2.56. The van der Waals surface area contributed by atoms with Crippen molar-refractivity contribution in [3.63, 3.8) is 0 Å². The van der Waals surface area contributed by atoms with Crippen molar-refractivity contribution in [1.82, 2.24) is 0 Å². The number of aliphatic hydroxyl groups is 1. The number of benzene rings is 1. The monoisotopic (exact) mass is 303 g/mol. The molecule has 88 valence electrons. The van der Waals surface area contributed by atoms with E-state index in [-0.39, 0.29) is 5.41 Å². The normalized spacial score (nSPS) is 20.2. The van der Waals surface area contributed by atoms with E-state index in [0.29, 0.717) is 11.6 Å². The first-order chi connectivity index (χ1) is 7.59. The van der Waals surface area contributed by atoms with Crippen LogP contribution in [0, 0.1) is 5.41 Å². The predicted octanol–water partition coefficient (Wildman–Crippen LogP) is 3.26. The number of rotatable bonds is 3. The second-order valence-electron chi connectivity index (χ2n) is 4.49. The Morgan fingerprint density at radius 3 is 2.62 bits per heavy atom. The molecule has 0 aliphatic heterocycles. The fraction of sp³-hybridized carbons (Fsp3) is 0.500. The van der Waals surface area contributed by atoms with E-state index in [4.69, 9.17) is 17.3 Å². The zero-order valence-electron chi connectivity index (χ0n) is 8.92. The van der Waals surface area contributed by atoms with Crippen LogP contribution in [0.2, 0.25) is 5.02 Å². The molecular weight excluding hydrogens is 289 g/mol. The Morgan fingerprint density at radius 1 is 1.50 bits per heavy atom. The van der Waals surface area contributed by atoms with Gasteiger partial charge < -0.3 is 10.8 Å². The first-order valence-electron chi connectivity index (χ1n) is 5.42. The lowest BCUT2D eigenvalue weighted by molar-refractivity contribution is -0.0296. The Labute approximate surface area is 109 Å². The fourth-order valence-corrected chi connectivity index (χ4v) is 3.05. The van der Waals surface area contributed by atoms with Gasteiger partial charge in [-0.1, -0.05) is 40.0 Å².